The zero-order valence-corrected chi connectivity index (χ0v) is 15.0. The van der Waals surface area contributed by atoms with Gasteiger partial charge < -0.3 is 4.98 Å². The van der Waals surface area contributed by atoms with E-state index in [-0.39, 0.29) is 0 Å². The van der Waals surface area contributed by atoms with Gasteiger partial charge in [0, 0.05) is 22.5 Å². The summed E-state index contributed by atoms with van der Waals surface area (Å²) in [6.45, 7) is 4.51. The first kappa shape index (κ1) is 15.2. The molecule has 0 amide bonds. The van der Waals surface area contributed by atoms with E-state index >= 15 is 0 Å². The number of benzene rings is 3. The number of nitrogens with zero attached hydrogens (tertiary/aromatic N) is 1. The van der Waals surface area contributed by atoms with Gasteiger partial charge in [0.25, 0.3) is 0 Å². The van der Waals surface area contributed by atoms with Gasteiger partial charge in [-0.2, -0.15) is 0 Å². The summed E-state index contributed by atoms with van der Waals surface area (Å²) in [5.41, 5.74) is 6.07. The standard InChI is InChI=1S/C24H20N2/c1-15(2)16-8-3-4-9-17(16)21-14-22-23(19-11-6-5-10-18(19)21)20-12-7-13-25-24(20)26-22/h3-15H,1-2H3,(H,25,26). The van der Waals surface area contributed by atoms with Gasteiger partial charge in [0.15, 0.2) is 0 Å². The second kappa shape index (κ2) is 5.70. The van der Waals surface area contributed by atoms with Gasteiger partial charge in [-0.15, -0.1) is 0 Å². The Kier molecular flexibility index (Phi) is 3.32. The third-order valence-corrected chi connectivity index (χ3v) is 5.25. The third-order valence-electron chi connectivity index (χ3n) is 5.25. The molecule has 5 aromatic rings. The summed E-state index contributed by atoms with van der Waals surface area (Å²) in [5, 5.41) is 5.01. The van der Waals surface area contributed by atoms with E-state index in [1.165, 1.54) is 38.2 Å². The Morgan fingerprint density at radius 2 is 1.50 bits per heavy atom. The lowest BCUT2D eigenvalue weighted by Gasteiger charge is -2.15. The van der Waals surface area contributed by atoms with Gasteiger partial charge >= 0.3 is 0 Å². The lowest BCUT2D eigenvalue weighted by Crippen LogP contribution is -1.93. The molecule has 2 heterocycles. The maximum absolute atomic E-state index is 4.52. The van der Waals surface area contributed by atoms with Crippen molar-refractivity contribution >= 4 is 32.7 Å². The van der Waals surface area contributed by atoms with E-state index in [9.17, 15) is 0 Å². The second-order valence-electron chi connectivity index (χ2n) is 7.16. The number of aromatic amines is 1. The average molecular weight is 336 g/mol. The first-order valence-corrected chi connectivity index (χ1v) is 9.11. The Balaban J connectivity index is 1.97. The van der Waals surface area contributed by atoms with Crippen molar-refractivity contribution in [1.82, 2.24) is 9.97 Å². The highest BCUT2D eigenvalue weighted by Gasteiger charge is 2.15. The zero-order valence-electron chi connectivity index (χ0n) is 15.0. The van der Waals surface area contributed by atoms with Gasteiger partial charge in [0.05, 0.1) is 0 Å². The molecule has 0 unspecified atom stereocenters. The Morgan fingerprint density at radius 3 is 2.35 bits per heavy atom. The van der Waals surface area contributed by atoms with Crippen LogP contribution in [0.5, 0.6) is 0 Å². The number of aromatic nitrogens is 2. The second-order valence-corrected chi connectivity index (χ2v) is 7.16. The Hall–Kier alpha value is -3.13. The minimum atomic E-state index is 0.477. The fourth-order valence-electron chi connectivity index (χ4n) is 4.07. The number of hydrogen-bond donors (Lipinski definition) is 1. The highest BCUT2D eigenvalue weighted by atomic mass is 14.8. The number of fused-ring (bicyclic) bond motifs is 5. The van der Waals surface area contributed by atoms with Crippen molar-refractivity contribution in [3.63, 3.8) is 0 Å². The molecule has 126 valence electrons. The Labute approximate surface area is 152 Å². The van der Waals surface area contributed by atoms with Gasteiger partial charge in [0.2, 0.25) is 0 Å². The molecule has 3 aromatic carbocycles. The number of pyridine rings is 1. The topological polar surface area (TPSA) is 28.7 Å². The summed E-state index contributed by atoms with van der Waals surface area (Å²) in [6.07, 6.45) is 1.84. The number of rotatable bonds is 2. The summed E-state index contributed by atoms with van der Waals surface area (Å²) in [4.78, 5) is 8.04. The van der Waals surface area contributed by atoms with Crippen LogP contribution in [0.4, 0.5) is 0 Å². The maximum Gasteiger partial charge on any atom is 0.138 e. The van der Waals surface area contributed by atoms with Crippen molar-refractivity contribution in [3.05, 3.63) is 78.5 Å². The van der Waals surface area contributed by atoms with Crippen LogP contribution < -0.4 is 0 Å². The first-order valence-electron chi connectivity index (χ1n) is 9.11. The van der Waals surface area contributed by atoms with Gasteiger partial charge in [-0.3, -0.25) is 0 Å². The third kappa shape index (κ3) is 2.15. The molecule has 26 heavy (non-hydrogen) atoms. The Bertz CT molecular complexity index is 1260. The van der Waals surface area contributed by atoms with Gasteiger partial charge in [-0.1, -0.05) is 62.4 Å². The summed E-state index contributed by atoms with van der Waals surface area (Å²) < 4.78 is 0. The molecule has 0 atom stereocenters. The fourth-order valence-corrected chi connectivity index (χ4v) is 4.07. The predicted octanol–water partition coefficient (Wildman–Crippen LogP) is 6.66. The van der Waals surface area contributed by atoms with E-state index in [4.69, 9.17) is 0 Å². The van der Waals surface area contributed by atoms with Crippen molar-refractivity contribution in [2.24, 2.45) is 0 Å². The number of nitrogens with one attached hydrogen (secondary N) is 1. The summed E-state index contributed by atoms with van der Waals surface area (Å²) in [6, 6.07) is 23.9. The molecule has 0 spiro atoms. The van der Waals surface area contributed by atoms with Crippen LogP contribution in [0, 0.1) is 0 Å². The molecule has 0 fully saturated rings. The first-order chi connectivity index (χ1) is 12.7. The SMILES string of the molecule is CC(C)c1ccccc1-c1cc2[nH]c3ncccc3c2c2ccccc12. The van der Waals surface area contributed by atoms with E-state index in [0.29, 0.717) is 5.92 Å². The van der Waals surface area contributed by atoms with Gasteiger partial charge in [-0.25, -0.2) is 4.98 Å². The largest absolute Gasteiger partial charge is 0.339 e. The van der Waals surface area contributed by atoms with E-state index in [1.807, 2.05) is 12.3 Å². The highest BCUT2D eigenvalue weighted by molar-refractivity contribution is 6.22. The molecule has 0 aliphatic rings. The van der Waals surface area contributed by atoms with E-state index in [0.717, 1.165) is 11.2 Å². The highest BCUT2D eigenvalue weighted by Crippen LogP contribution is 2.40. The molecule has 0 aliphatic heterocycles. The van der Waals surface area contributed by atoms with Crippen LogP contribution in [0.15, 0.2) is 72.9 Å². The van der Waals surface area contributed by atoms with Crippen LogP contribution >= 0.6 is 0 Å². The molecule has 2 heteroatoms. The van der Waals surface area contributed by atoms with Crippen LogP contribution in [0.3, 0.4) is 0 Å². The molecule has 0 aliphatic carbocycles. The molecule has 2 nitrogen and oxygen atoms in total. The summed E-state index contributed by atoms with van der Waals surface area (Å²) >= 11 is 0. The van der Waals surface area contributed by atoms with E-state index in [2.05, 4.69) is 84.5 Å². The molecule has 0 saturated heterocycles. The lowest BCUT2D eigenvalue weighted by molar-refractivity contribution is 0.869. The van der Waals surface area contributed by atoms with Crippen molar-refractivity contribution in [2.45, 2.75) is 19.8 Å². The average Bonchev–Trinajstić information content (AvgIpc) is 3.06. The molecule has 5 rings (SSSR count). The number of hydrogen-bond acceptors (Lipinski definition) is 1. The quantitative estimate of drug-likeness (QED) is 0.383. The molecule has 1 N–H and O–H groups in total. The zero-order chi connectivity index (χ0) is 17.7. The van der Waals surface area contributed by atoms with Crippen LogP contribution in [0.2, 0.25) is 0 Å². The molecule has 2 aromatic heterocycles. The fraction of sp³-hybridized carbons (Fsp3) is 0.125. The number of H-pyrrole nitrogens is 1. The molecule has 0 saturated carbocycles. The summed E-state index contributed by atoms with van der Waals surface area (Å²) in [5.74, 6) is 0.477. The summed E-state index contributed by atoms with van der Waals surface area (Å²) in [7, 11) is 0. The maximum atomic E-state index is 4.52. The molecule has 0 radical (unpaired) electrons. The monoisotopic (exact) mass is 336 g/mol. The van der Waals surface area contributed by atoms with Crippen LogP contribution in [-0.2, 0) is 0 Å². The van der Waals surface area contributed by atoms with Crippen molar-refractivity contribution in [3.8, 4) is 11.1 Å². The Morgan fingerprint density at radius 1 is 0.769 bits per heavy atom. The van der Waals surface area contributed by atoms with Crippen LogP contribution in [-0.4, -0.2) is 9.97 Å². The minimum absolute atomic E-state index is 0.477. The molecular formula is C24H20N2. The predicted molar refractivity (Wildman–Crippen MR) is 111 cm³/mol. The van der Waals surface area contributed by atoms with Crippen LogP contribution in [0.25, 0.3) is 43.8 Å². The van der Waals surface area contributed by atoms with E-state index < -0.39 is 0 Å². The van der Waals surface area contributed by atoms with Crippen LogP contribution in [0.1, 0.15) is 25.3 Å². The minimum Gasteiger partial charge on any atom is -0.339 e. The van der Waals surface area contributed by atoms with Crippen molar-refractivity contribution < 1.29 is 0 Å². The van der Waals surface area contributed by atoms with Gasteiger partial charge in [0.1, 0.15) is 5.65 Å². The molecular weight excluding hydrogens is 316 g/mol. The van der Waals surface area contributed by atoms with E-state index in [1.54, 1.807) is 0 Å². The van der Waals surface area contributed by atoms with Crippen molar-refractivity contribution in [2.75, 3.05) is 0 Å². The van der Waals surface area contributed by atoms with Gasteiger partial charge in [-0.05, 0) is 51.6 Å². The lowest BCUT2D eigenvalue weighted by atomic mass is 9.89. The van der Waals surface area contributed by atoms with Crippen molar-refractivity contribution in [1.29, 1.82) is 0 Å². The molecule has 0 bridgehead atoms. The smallest absolute Gasteiger partial charge is 0.138 e. The normalized spacial score (nSPS) is 11.8.